The third-order valence-electron chi connectivity index (χ3n) is 5.76. The number of halogens is 1. The summed E-state index contributed by atoms with van der Waals surface area (Å²) in [5.41, 5.74) is 0.721. The van der Waals surface area contributed by atoms with E-state index >= 15 is 0 Å². The van der Waals surface area contributed by atoms with Crippen LogP contribution in [0.5, 0.6) is 0 Å². The van der Waals surface area contributed by atoms with E-state index in [0.717, 1.165) is 37.9 Å². The molecule has 3 aliphatic rings. The smallest absolute Gasteiger partial charge is 0.315 e. The molecule has 27 heavy (non-hydrogen) atoms. The van der Waals surface area contributed by atoms with Gasteiger partial charge in [-0.1, -0.05) is 12.1 Å². The number of rotatable bonds is 3. The largest absolute Gasteiger partial charge is 0.378 e. The molecule has 2 amide bonds. The fourth-order valence-corrected chi connectivity index (χ4v) is 4.26. The Morgan fingerprint density at radius 1 is 1.07 bits per heavy atom. The molecule has 6 nitrogen and oxygen atoms in total. The molecule has 4 rings (SSSR count). The van der Waals surface area contributed by atoms with Crippen molar-refractivity contribution in [3.63, 3.8) is 0 Å². The van der Waals surface area contributed by atoms with Crippen LogP contribution in [0.2, 0.25) is 0 Å². The average Bonchev–Trinajstić information content (AvgIpc) is 3.10. The molecule has 3 saturated heterocycles. The lowest BCUT2D eigenvalue weighted by molar-refractivity contribution is -0.0879. The van der Waals surface area contributed by atoms with Crippen LogP contribution < -0.4 is 10.6 Å². The molecule has 3 aliphatic heterocycles. The molecule has 0 radical (unpaired) electrons. The normalized spacial score (nSPS) is 33.7. The molecule has 3 heterocycles. The third-order valence-corrected chi connectivity index (χ3v) is 5.76. The Morgan fingerprint density at radius 3 is 2.63 bits per heavy atom. The predicted octanol–water partition coefficient (Wildman–Crippen LogP) is 2.68. The topological polar surface area (TPSA) is 68.8 Å². The van der Waals surface area contributed by atoms with Crippen LogP contribution in [0.4, 0.5) is 9.18 Å². The van der Waals surface area contributed by atoms with Gasteiger partial charge in [-0.2, -0.15) is 0 Å². The number of amides is 2. The number of carbonyl (C=O) groups excluding carboxylic acids is 1. The summed E-state index contributed by atoms with van der Waals surface area (Å²) in [5.74, 6) is -0.259. The first-order valence-electron chi connectivity index (χ1n) is 9.78. The number of urea groups is 1. The average molecular weight is 378 g/mol. The highest BCUT2D eigenvalue weighted by molar-refractivity contribution is 5.74. The van der Waals surface area contributed by atoms with Gasteiger partial charge in [0.25, 0.3) is 0 Å². The zero-order valence-electron chi connectivity index (χ0n) is 15.4. The maximum atomic E-state index is 13.1. The van der Waals surface area contributed by atoms with Crippen molar-refractivity contribution in [2.45, 2.75) is 55.9 Å². The van der Waals surface area contributed by atoms with Crippen molar-refractivity contribution in [2.24, 2.45) is 0 Å². The summed E-state index contributed by atoms with van der Waals surface area (Å²) in [7, 11) is 0. The second-order valence-corrected chi connectivity index (χ2v) is 7.77. The Labute approximate surface area is 158 Å². The summed E-state index contributed by atoms with van der Waals surface area (Å²) in [4.78, 5) is 12.5. The Morgan fingerprint density at radius 2 is 1.85 bits per heavy atom. The van der Waals surface area contributed by atoms with Crippen LogP contribution in [0.3, 0.4) is 0 Å². The summed E-state index contributed by atoms with van der Waals surface area (Å²) in [6, 6.07) is 6.37. The summed E-state index contributed by atoms with van der Waals surface area (Å²) in [6.07, 6.45) is 3.85. The van der Waals surface area contributed by atoms with Crippen LogP contribution in [-0.2, 0) is 14.2 Å². The summed E-state index contributed by atoms with van der Waals surface area (Å²) < 4.78 is 30.3. The van der Waals surface area contributed by atoms with Gasteiger partial charge in [-0.05, 0) is 43.4 Å². The Hall–Kier alpha value is -1.70. The maximum absolute atomic E-state index is 13.1. The summed E-state index contributed by atoms with van der Waals surface area (Å²) in [6.45, 7) is 2.57. The zero-order valence-corrected chi connectivity index (χ0v) is 15.4. The van der Waals surface area contributed by atoms with Gasteiger partial charge in [0.1, 0.15) is 5.82 Å². The van der Waals surface area contributed by atoms with Crippen LogP contribution in [0, 0.1) is 5.82 Å². The molecule has 148 valence electrons. The molecule has 1 aromatic rings. The van der Waals surface area contributed by atoms with Crippen molar-refractivity contribution < 1.29 is 23.4 Å². The van der Waals surface area contributed by atoms with Crippen LogP contribution in [0.25, 0.3) is 0 Å². The van der Waals surface area contributed by atoms with Gasteiger partial charge in [0.05, 0.1) is 18.3 Å². The number of nitrogens with one attached hydrogen (secondary N) is 2. The molecular formula is C20H27FN2O4. The fraction of sp³-hybridized carbons (Fsp3) is 0.650. The van der Waals surface area contributed by atoms with Crippen LogP contribution in [0.1, 0.15) is 43.8 Å². The quantitative estimate of drug-likeness (QED) is 0.849. The van der Waals surface area contributed by atoms with Crippen LogP contribution in [-0.4, -0.2) is 50.1 Å². The highest BCUT2D eigenvalue weighted by atomic mass is 19.1. The van der Waals surface area contributed by atoms with E-state index < -0.39 is 0 Å². The van der Waals surface area contributed by atoms with E-state index in [9.17, 15) is 9.18 Å². The lowest BCUT2D eigenvalue weighted by atomic mass is 9.90. The predicted molar refractivity (Wildman–Crippen MR) is 96.9 cm³/mol. The molecule has 1 aromatic carbocycles. The van der Waals surface area contributed by atoms with E-state index in [1.807, 2.05) is 0 Å². The van der Waals surface area contributed by atoms with Crippen molar-refractivity contribution in [3.05, 3.63) is 35.6 Å². The van der Waals surface area contributed by atoms with Gasteiger partial charge >= 0.3 is 6.03 Å². The van der Waals surface area contributed by atoms with Crippen molar-refractivity contribution in [1.82, 2.24) is 10.6 Å². The van der Waals surface area contributed by atoms with Gasteiger partial charge in [0.15, 0.2) is 0 Å². The summed E-state index contributed by atoms with van der Waals surface area (Å²) >= 11 is 0. The molecule has 1 spiro atoms. The number of ether oxygens (including phenoxy) is 3. The van der Waals surface area contributed by atoms with Gasteiger partial charge in [0, 0.05) is 38.3 Å². The van der Waals surface area contributed by atoms with Crippen molar-refractivity contribution in [3.8, 4) is 0 Å². The first-order valence-corrected chi connectivity index (χ1v) is 9.78. The molecular weight excluding hydrogens is 351 g/mol. The number of hydrogen-bond donors (Lipinski definition) is 2. The second-order valence-electron chi connectivity index (χ2n) is 7.77. The SMILES string of the molecule is O=C(NC1CCOC(c2ccc(F)cc2)C1)NC1CCOC2(CCOC2)C1. The second kappa shape index (κ2) is 8.12. The van der Waals surface area contributed by atoms with Gasteiger partial charge in [-0.15, -0.1) is 0 Å². The standard InChI is InChI=1S/C20H27FN2O4/c21-15-3-1-14(2-4-15)18-11-16(5-8-26-18)22-19(24)23-17-6-9-27-20(12-17)7-10-25-13-20/h1-4,16-18H,5-13H2,(H2,22,23,24). The van der Waals surface area contributed by atoms with Gasteiger partial charge in [-0.3, -0.25) is 0 Å². The molecule has 0 aliphatic carbocycles. The summed E-state index contributed by atoms with van der Waals surface area (Å²) in [5, 5.41) is 6.18. The van der Waals surface area contributed by atoms with E-state index in [2.05, 4.69) is 10.6 Å². The maximum Gasteiger partial charge on any atom is 0.315 e. The molecule has 3 fully saturated rings. The molecule has 0 bridgehead atoms. The third kappa shape index (κ3) is 4.59. The van der Waals surface area contributed by atoms with E-state index in [1.54, 1.807) is 12.1 Å². The molecule has 0 aromatic heterocycles. The molecule has 0 saturated carbocycles. The molecule has 2 N–H and O–H groups in total. The Balaban J connectivity index is 1.28. The van der Waals surface area contributed by atoms with Gasteiger partial charge in [0.2, 0.25) is 0 Å². The van der Waals surface area contributed by atoms with Crippen molar-refractivity contribution in [1.29, 1.82) is 0 Å². The minimum Gasteiger partial charge on any atom is -0.378 e. The number of hydrogen-bond acceptors (Lipinski definition) is 4. The Kier molecular flexibility index (Phi) is 5.61. The van der Waals surface area contributed by atoms with Crippen molar-refractivity contribution in [2.75, 3.05) is 26.4 Å². The van der Waals surface area contributed by atoms with E-state index in [0.29, 0.717) is 26.2 Å². The highest BCUT2D eigenvalue weighted by Crippen LogP contribution is 2.33. The van der Waals surface area contributed by atoms with E-state index in [-0.39, 0.29) is 35.6 Å². The van der Waals surface area contributed by atoms with Gasteiger partial charge < -0.3 is 24.8 Å². The zero-order chi connectivity index (χ0) is 18.7. The van der Waals surface area contributed by atoms with Crippen LogP contribution in [0.15, 0.2) is 24.3 Å². The van der Waals surface area contributed by atoms with E-state index in [1.165, 1.54) is 12.1 Å². The first-order chi connectivity index (χ1) is 13.1. The molecule has 4 unspecified atom stereocenters. The van der Waals surface area contributed by atoms with Crippen LogP contribution >= 0.6 is 0 Å². The van der Waals surface area contributed by atoms with E-state index in [4.69, 9.17) is 14.2 Å². The fourth-order valence-electron chi connectivity index (χ4n) is 4.26. The molecule has 7 heteroatoms. The van der Waals surface area contributed by atoms with Crippen molar-refractivity contribution >= 4 is 6.03 Å². The number of benzene rings is 1. The molecule has 4 atom stereocenters. The lowest BCUT2D eigenvalue weighted by Gasteiger charge is -2.37. The highest BCUT2D eigenvalue weighted by Gasteiger charge is 2.41. The minimum atomic E-state index is -0.259. The monoisotopic (exact) mass is 378 g/mol. The van der Waals surface area contributed by atoms with Gasteiger partial charge in [-0.25, -0.2) is 9.18 Å². The number of carbonyl (C=O) groups is 1. The lowest BCUT2D eigenvalue weighted by Crippen LogP contribution is -2.53. The first kappa shape index (κ1) is 18.7. The minimum absolute atomic E-state index is 0.0393. The Bertz CT molecular complexity index is 648.